The van der Waals surface area contributed by atoms with E-state index in [4.69, 9.17) is 0 Å². The standard InChI is InChI=1S/C19H25FN4O/c1-22(2)12-5-6-19(25)24(4)18(17-11-13-23(3)21-17)14-15-7-9-16(20)10-8-15/h5-11,13,18H,12,14H2,1-4H3/b6-5+. The molecule has 134 valence electrons. The topological polar surface area (TPSA) is 41.4 Å². The predicted octanol–water partition coefficient (Wildman–Crippen LogP) is 2.42. The van der Waals surface area contributed by atoms with Crippen molar-refractivity contribution in [1.29, 1.82) is 0 Å². The Morgan fingerprint density at radius 1 is 1.24 bits per heavy atom. The number of amides is 1. The van der Waals surface area contributed by atoms with Crippen molar-refractivity contribution >= 4 is 5.91 Å². The fraction of sp³-hybridized carbons (Fsp3) is 0.368. The molecule has 0 radical (unpaired) electrons. The normalized spacial score (nSPS) is 12.7. The average molecular weight is 344 g/mol. The maximum absolute atomic E-state index is 13.1. The summed E-state index contributed by atoms with van der Waals surface area (Å²) in [5.74, 6) is -0.353. The van der Waals surface area contributed by atoms with E-state index in [2.05, 4.69) is 5.10 Å². The molecule has 2 rings (SSSR count). The van der Waals surface area contributed by atoms with Gasteiger partial charge in [0.25, 0.3) is 0 Å². The van der Waals surface area contributed by atoms with E-state index in [-0.39, 0.29) is 17.8 Å². The molecule has 1 atom stereocenters. The molecule has 0 saturated carbocycles. The van der Waals surface area contributed by atoms with Gasteiger partial charge in [0.15, 0.2) is 0 Å². The first-order valence-electron chi connectivity index (χ1n) is 8.19. The second-order valence-electron chi connectivity index (χ2n) is 6.37. The van der Waals surface area contributed by atoms with Gasteiger partial charge in [0.05, 0.1) is 11.7 Å². The molecular formula is C19H25FN4O. The van der Waals surface area contributed by atoms with E-state index in [1.165, 1.54) is 12.1 Å². The highest BCUT2D eigenvalue weighted by molar-refractivity contribution is 5.87. The van der Waals surface area contributed by atoms with E-state index in [1.807, 2.05) is 44.4 Å². The fourth-order valence-corrected chi connectivity index (χ4v) is 2.53. The number of carbonyl (C=O) groups is 1. The minimum Gasteiger partial charge on any atom is -0.333 e. The smallest absolute Gasteiger partial charge is 0.246 e. The molecule has 2 aromatic rings. The molecule has 0 N–H and O–H groups in total. The van der Waals surface area contributed by atoms with E-state index in [0.717, 1.165) is 11.3 Å². The Morgan fingerprint density at radius 2 is 1.92 bits per heavy atom. The predicted molar refractivity (Wildman–Crippen MR) is 96.5 cm³/mol. The summed E-state index contributed by atoms with van der Waals surface area (Å²) in [5.41, 5.74) is 1.76. The number of hydrogen-bond donors (Lipinski definition) is 0. The molecule has 0 spiro atoms. The Morgan fingerprint density at radius 3 is 2.48 bits per heavy atom. The van der Waals surface area contributed by atoms with E-state index in [1.54, 1.807) is 34.8 Å². The Balaban J connectivity index is 2.20. The number of aromatic nitrogens is 2. The lowest BCUT2D eigenvalue weighted by molar-refractivity contribution is -0.127. The van der Waals surface area contributed by atoms with E-state index in [9.17, 15) is 9.18 Å². The van der Waals surface area contributed by atoms with Gasteiger partial charge in [0, 0.05) is 32.9 Å². The highest BCUT2D eigenvalue weighted by Crippen LogP contribution is 2.23. The van der Waals surface area contributed by atoms with Crippen LogP contribution in [0.3, 0.4) is 0 Å². The maximum atomic E-state index is 13.1. The van der Waals surface area contributed by atoms with Crippen LogP contribution < -0.4 is 0 Å². The molecule has 0 aliphatic heterocycles. The third kappa shape index (κ3) is 5.53. The quantitative estimate of drug-likeness (QED) is 0.725. The van der Waals surface area contributed by atoms with E-state index < -0.39 is 0 Å². The van der Waals surface area contributed by atoms with Crippen LogP contribution in [0, 0.1) is 5.82 Å². The van der Waals surface area contributed by atoms with E-state index in [0.29, 0.717) is 13.0 Å². The van der Waals surface area contributed by atoms with Crippen LogP contribution in [-0.4, -0.2) is 53.2 Å². The van der Waals surface area contributed by atoms with Gasteiger partial charge in [0.2, 0.25) is 5.91 Å². The lowest BCUT2D eigenvalue weighted by atomic mass is 10.0. The van der Waals surface area contributed by atoms with Gasteiger partial charge >= 0.3 is 0 Å². The summed E-state index contributed by atoms with van der Waals surface area (Å²) in [5, 5.41) is 4.45. The molecule has 0 aliphatic rings. The van der Waals surface area contributed by atoms with Crippen molar-refractivity contribution in [3.63, 3.8) is 0 Å². The summed E-state index contributed by atoms with van der Waals surface area (Å²) >= 11 is 0. The number of likely N-dealkylation sites (N-methyl/N-ethyl adjacent to an activating group) is 2. The van der Waals surface area contributed by atoms with Crippen molar-refractivity contribution in [3.05, 3.63) is 65.8 Å². The zero-order chi connectivity index (χ0) is 18.4. The molecule has 25 heavy (non-hydrogen) atoms. The van der Waals surface area contributed by atoms with Crippen molar-refractivity contribution in [3.8, 4) is 0 Å². The first-order valence-corrected chi connectivity index (χ1v) is 8.19. The lowest BCUT2D eigenvalue weighted by Gasteiger charge is -2.26. The van der Waals surface area contributed by atoms with Crippen LogP contribution in [0.2, 0.25) is 0 Å². The Bertz CT molecular complexity index is 721. The van der Waals surface area contributed by atoms with Crippen LogP contribution >= 0.6 is 0 Å². The molecule has 1 aromatic carbocycles. The number of aryl methyl sites for hydroxylation is 1. The Hall–Kier alpha value is -2.47. The van der Waals surface area contributed by atoms with Crippen LogP contribution in [0.4, 0.5) is 4.39 Å². The van der Waals surface area contributed by atoms with Crippen LogP contribution in [-0.2, 0) is 18.3 Å². The summed E-state index contributed by atoms with van der Waals surface area (Å²) in [7, 11) is 7.51. The number of benzene rings is 1. The molecule has 6 heteroatoms. The van der Waals surface area contributed by atoms with Gasteiger partial charge in [-0.15, -0.1) is 0 Å². The van der Waals surface area contributed by atoms with Gasteiger partial charge in [-0.3, -0.25) is 9.48 Å². The van der Waals surface area contributed by atoms with Crippen LogP contribution in [0.1, 0.15) is 17.3 Å². The van der Waals surface area contributed by atoms with Gasteiger partial charge in [0.1, 0.15) is 5.82 Å². The number of halogens is 1. The largest absolute Gasteiger partial charge is 0.333 e. The minimum absolute atomic E-state index is 0.0837. The zero-order valence-corrected chi connectivity index (χ0v) is 15.2. The zero-order valence-electron chi connectivity index (χ0n) is 15.2. The van der Waals surface area contributed by atoms with Crippen LogP contribution in [0.5, 0.6) is 0 Å². The van der Waals surface area contributed by atoms with Gasteiger partial charge < -0.3 is 9.80 Å². The molecule has 1 amide bonds. The lowest BCUT2D eigenvalue weighted by Crippen LogP contribution is -2.31. The molecule has 0 bridgehead atoms. The monoisotopic (exact) mass is 344 g/mol. The van der Waals surface area contributed by atoms with Crippen LogP contribution in [0.25, 0.3) is 0 Å². The first kappa shape index (κ1) is 18.9. The van der Waals surface area contributed by atoms with Crippen molar-refractivity contribution in [1.82, 2.24) is 19.6 Å². The molecule has 1 aromatic heterocycles. The van der Waals surface area contributed by atoms with Gasteiger partial charge in [-0.25, -0.2) is 4.39 Å². The first-order chi connectivity index (χ1) is 11.9. The maximum Gasteiger partial charge on any atom is 0.246 e. The summed E-state index contributed by atoms with van der Waals surface area (Å²) in [6, 6.07) is 8.04. The number of carbonyl (C=O) groups excluding carboxylic acids is 1. The van der Waals surface area contributed by atoms with Crippen molar-refractivity contribution in [2.24, 2.45) is 7.05 Å². The van der Waals surface area contributed by atoms with Crippen molar-refractivity contribution < 1.29 is 9.18 Å². The number of rotatable bonds is 7. The minimum atomic E-state index is -0.269. The van der Waals surface area contributed by atoms with Crippen molar-refractivity contribution in [2.75, 3.05) is 27.7 Å². The summed E-state index contributed by atoms with van der Waals surface area (Å²) in [6.07, 6.45) is 5.85. The van der Waals surface area contributed by atoms with Crippen LogP contribution in [0.15, 0.2) is 48.7 Å². The molecule has 1 unspecified atom stereocenters. The average Bonchev–Trinajstić information content (AvgIpc) is 2.99. The Labute approximate surface area is 148 Å². The van der Waals surface area contributed by atoms with Gasteiger partial charge in [-0.1, -0.05) is 18.2 Å². The second-order valence-corrected chi connectivity index (χ2v) is 6.37. The molecule has 1 heterocycles. The molecule has 0 saturated heterocycles. The van der Waals surface area contributed by atoms with Gasteiger partial charge in [-0.05, 0) is 44.3 Å². The van der Waals surface area contributed by atoms with E-state index >= 15 is 0 Å². The summed E-state index contributed by atoms with van der Waals surface area (Å²) in [4.78, 5) is 16.2. The number of nitrogens with zero attached hydrogens (tertiary/aromatic N) is 4. The fourth-order valence-electron chi connectivity index (χ4n) is 2.53. The Kier molecular flexibility index (Phi) is 6.47. The molecule has 0 aliphatic carbocycles. The third-order valence-electron chi connectivity index (χ3n) is 3.96. The summed E-state index contributed by atoms with van der Waals surface area (Å²) in [6.45, 7) is 0.700. The van der Waals surface area contributed by atoms with Crippen molar-refractivity contribution in [2.45, 2.75) is 12.5 Å². The SMILES string of the molecule is CN(C)C/C=C/C(=O)N(C)C(Cc1ccc(F)cc1)c1ccn(C)n1. The second kappa shape index (κ2) is 8.58. The highest BCUT2D eigenvalue weighted by atomic mass is 19.1. The number of hydrogen-bond acceptors (Lipinski definition) is 3. The molecule has 0 fully saturated rings. The third-order valence-corrected chi connectivity index (χ3v) is 3.96. The van der Waals surface area contributed by atoms with Gasteiger partial charge in [-0.2, -0.15) is 5.10 Å². The molecule has 5 nitrogen and oxygen atoms in total. The molecular weight excluding hydrogens is 319 g/mol. The summed E-state index contributed by atoms with van der Waals surface area (Å²) < 4.78 is 14.9. The highest BCUT2D eigenvalue weighted by Gasteiger charge is 2.23.